The number of thiophene rings is 1. The molecule has 2 aromatic heterocycles. The average molecular weight is 277 g/mol. The summed E-state index contributed by atoms with van der Waals surface area (Å²) in [4.78, 5) is 14.9. The summed E-state index contributed by atoms with van der Waals surface area (Å²) in [6.45, 7) is 4.04. The number of carbonyl (C=O) groups is 1. The van der Waals surface area contributed by atoms with Crippen LogP contribution in [-0.2, 0) is 4.79 Å². The molecule has 0 saturated heterocycles. The molecule has 0 aromatic carbocycles. The predicted octanol–water partition coefficient (Wildman–Crippen LogP) is 2.96. The number of carbonyl (C=O) groups excluding carboxylic acids is 1. The summed E-state index contributed by atoms with van der Waals surface area (Å²) < 4.78 is 1.80. The molecule has 19 heavy (non-hydrogen) atoms. The molecule has 0 radical (unpaired) electrons. The highest BCUT2D eigenvalue weighted by atomic mass is 32.1. The van der Waals surface area contributed by atoms with Gasteiger partial charge < -0.3 is 4.90 Å². The van der Waals surface area contributed by atoms with E-state index < -0.39 is 0 Å². The summed E-state index contributed by atoms with van der Waals surface area (Å²) in [5.41, 5.74) is 2.08. The normalized spacial score (nSPS) is 12.4. The molecule has 1 unspecified atom stereocenters. The van der Waals surface area contributed by atoms with Crippen LogP contribution in [0.5, 0.6) is 0 Å². The third-order valence-electron chi connectivity index (χ3n) is 3.10. The summed E-state index contributed by atoms with van der Waals surface area (Å²) in [6, 6.07) is 3.85. The van der Waals surface area contributed by atoms with E-state index in [1.54, 1.807) is 35.0 Å². The second kappa shape index (κ2) is 5.57. The maximum absolute atomic E-state index is 12.1. The van der Waals surface area contributed by atoms with Crippen LogP contribution >= 0.6 is 11.3 Å². The maximum atomic E-state index is 12.1. The zero-order chi connectivity index (χ0) is 14.0. The number of aryl methyl sites for hydroxylation is 1. The van der Waals surface area contributed by atoms with Gasteiger partial charge >= 0.3 is 0 Å². The van der Waals surface area contributed by atoms with Crippen LogP contribution in [0.3, 0.4) is 0 Å². The van der Waals surface area contributed by atoms with Crippen molar-refractivity contribution in [3.63, 3.8) is 0 Å². The van der Waals surface area contributed by atoms with E-state index in [4.69, 9.17) is 0 Å². The second-order valence-corrected chi connectivity index (χ2v) is 5.72. The number of hydrogen-bond acceptors (Lipinski definition) is 3. The molecule has 5 heteroatoms. The molecule has 2 aromatic rings. The standard InChI is InChI=1S/C14H19N3OS/c1-5-11(14(18)16(3)4)17-9-10(2)13(15-17)12-7-6-8-19-12/h6-9,11H,5H2,1-4H3. The summed E-state index contributed by atoms with van der Waals surface area (Å²) in [7, 11) is 3.56. The molecule has 102 valence electrons. The minimum Gasteiger partial charge on any atom is -0.347 e. The van der Waals surface area contributed by atoms with Gasteiger partial charge in [-0.1, -0.05) is 13.0 Å². The molecule has 2 heterocycles. The fourth-order valence-corrected chi connectivity index (χ4v) is 2.85. The quantitative estimate of drug-likeness (QED) is 0.861. The van der Waals surface area contributed by atoms with E-state index in [1.165, 1.54) is 0 Å². The fraction of sp³-hybridized carbons (Fsp3) is 0.429. The van der Waals surface area contributed by atoms with Crippen molar-refractivity contribution in [3.05, 3.63) is 29.3 Å². The van der Waals surface area contributed by atoms with Gasteiger partial charge in [-0.05, 0) is 30.4 Å². The Labute approximate surface area is 117 Å². The van der Waals surface area contributed by atoms with Gasteiger partial charge in [-0.2, -0.15) is 5.10 Å². The molecule has 0 spiro atoms. The second-order valence-electron chi connectivity index (χ2n) is 4.77. The van der Waals surface area contributed by atoms with Gasteiger partial charge in [0.15, 0.2) is 0 Å². The SMILES string of the molecule is CCC(C(=O)N(C)C)n1cc(C)c(-c2cccs2)n1. The monoisotopic (exact) mass is 277 g/mol. The third kappa shape index (κ3) is 2.71. The average Bonchev–Trinajstić information content (AvgIpc) is 2.99. The number of nitrogens with zero attached hydrogens (tertiary/aromatic N) is 3. The molecule has 0 N–H and O–H groups in total. The van der Waals surface area contributed by atoms with Crippen molar-refractivity contribution in [2.24, 2.45) is 0 Å². The molecule has 0 aliphatic carbocycles. The number of rotatable bonds is 4. The molecule has 1 atom stereocenters. The van der Waals surface area contributed by atoms with Crippen LogP contribution in [0.15, 0.2) is 23.7 Å². The van der Waals surface area contributed by atoms with Gasteiger partial charge in [-0.15, -0.1) is 11.3 Å². The lowest BCUT2D eigenvalue weighted by atomic mass is 10.2. The molecule has 0 fully saturated rings. The largest absolute Gasteiger partial charge is 0.347 e. The first-order chi connectivity index (χ1) is 9.04. The lowest BCUT2D eigenvalue weighted by molar-refractivity contribution is -0.132. The predicted molar refractivity (Wildman–Crippen MR) is 78.3 cm³/mol. The number of amides is 1. The molecular formula is C14H19N3OS. The smallest absolute Gasteiger partial charge is 0.246 e. The van der Waals surface area contributed by atoms with Crippen molar-refractivity contribution in [3.8, 4) is 10.6 Å². The van der Waals surface area contributed by atoms with E-state index in [0.717, 1.165) is 22.6 Å². The molecule has 4 nitrogen and oxygen atoms in total. The summed E-state index contributed by atoms with van der Waals surface area (Å²) in [5, 5.41) is 6.64. The summed E-state index contributed by atoms with van der Waals surface area (Å²) in [6.07, 6.45) is 2.70. The first-order valence-electron chi connectivity index (χ1n) is 6.35. The van der Waals surface area contributed by atoms with E-state index in [9.17, 15) is 4.79 Å². The minimum atomic E-state index is -0.220. The third-order valence-corrected chi connectivity index (χ3v) is 3.98. The van der Waals surface area contributed by atoms with Crippen LogP contribution in [-0.4, -0.2) is 34.7 Å². The van der Waals surface area contributed by atoms with E-state index >= 15 is 0 Å². The van der Waals surface area contributed by atoms with Crippen LogP contribution in [0, 0.1) is 6.92 Å². The highest BCUT2D eigenvalue weighted by Crippen LogP contribution is 2.27. The Morgan fingerprint density at radius 2 is 2.26 bits per heavy atom. The van der Waals surface area contributed by atoms with E-state index in [-0.39, 0.29) is 11.9 Å². The van der Waals surface area contributed by atoms with Crippen LogP contribution in [0.4, 0.5) is 0 Å². The zero-order valence-electron chi connectivity index (χ0n) is 11.8. The number of aromatic nitrogens is 2. The first-order valence-corrected chi connectivity index (χ1v) is 7.23. The van der Waals surface area contributed by atoms with Gasteiger partial charge in [0.25, 0.3) is 0 Å². The van der Waals surface area contributed by atoms with Crippen LogP contribution in [0.25, 0.3) is 10.6 Å². The fourth-order valence-electron chi connectivity index (χ4n) is 2.07. The van der Waals surface area contributed by atoms with Crippen LogP contribution in [0.1, 0.15) is 24.9 Å². The van der Waals surface area contributed by atoms with Crippen molar-refractivity contribution in [2.45, 2.75) is 26.3 Å². The Hall–Kier alpha value is -1.62. The minimum absolute atomic E-state index is 0.0859. The van der Waals surface area contributed by atoms with Gasteiger partial charge in [0.05, 0.1) is 4.88 Å². The molecular weight excluding hydrogens is 258 g/mol. The van der Waals surface area contributed by atoms with Crippen molar-refractivity contribution in [2.75, 3.05) is 14.1 Å². The Morgan fingerprint density at radius 1 is 1.53 bits per heavy atom. The Bertz CT molecular complexity index is 557. The Kier molecular flexibility index (Phi) is 4.04. The lowest BCUT2D eigenvalue weighted by Gasteiger charge is -2.19. The molecule has 0 bridgehead atoms. The van der Waals surface area contributed by atoms with Crippen molar-refractivity contribution in [1.82, 2.24) is 14.7 Å². The lowest BCUT2D eigenvalue weighted by Crippen LogP contribution is -2.31. The Balaban J connectivity index is 2.36. The molecule has 1 amide bonds. The molecule has 2 rings (SSSR count). The molecule has 0 saturated carbocycles. The van der Waals surface area contributed by atoms with E-state index in [0.29, 0.717) is 0 Å². The van der Waals surface area contributed by atoms with Gasteiger partial charge in [0.1, 0.15) is 11.7 Å². The first kappa shape index (κ1) is 13.8. The van der Waals surface area contributed by atoms with Crippen molar-refractivity contribution in [1.29, 1.82) is 0 Å². The number of likely N-dealkylation sites (N-methyl/N-ethyl adjacent to an activating group) is 1. The molecule has 0 aliphatic heterocycles. The highest BCUT2D eigenvalue weighted by Gasteiger charge is 2.22. The van der Waals surface area contributed by atoms with Gasteiger partial charge in [0, 0.05) is 20.3 Å². The van der Waals surface area contributed by atoms with Crippen molar-refractivity contribution >= 4 is 17.2 Å². The van der Waals surface area contributed by atoms with Crippen LogP contribution < -0.4 is 0 Å². The van der Waals surface area contributed by atoms with Gasteiger partial charge in [-0.3, -0.25) is 9.48 Å². The van der Waals surface area contributed by atoms with Crippen LogP contribution in [0.2, 0.25) is 0 Å². The zero-order valence-corrected chi connectivity index (χ0v) is 12.6. The molecule has 0 aliphatic rings. The summed E-state index contributed by atoms with van der Waals surface area (Å²) >= 11 is 1.67. The van der Waals surface area contributed by atoms with Crippen molar-refractivity contribution < 1.29 is 4.79 Å². The van der Waals surface area contributed by atoms with E-state index in [1.807, 2.05) is 31.5 Å². The Morgan fingerprint density at radius 3 is 2.79 bits per heavy atom. The summed E-state index contributed by atoms with van der Waals surface area (Å²) in [5.74, 6) is 0.0859. The van der Waals surface area contributed by atoms with Gasteiger partial charge in [0.2, 0.25) is 5.91 Å². The topological polar surface area (TPSA) is 38.1 Å². The van der Waals surface area contributed by atoms with E-state index in [2.05, 4.69) is 11.2 Å². The van der Waals surface area contributed by atoms with Gasteiger partial charge in [-0.25, -0.2) is 0 Å². The highest BCUT2D eigenvalue weighted by molar-refractivity contribution is 7.13. The number of hydrogen-bond donors (Lipinski definition) is 0. The maximum Gasteiger partial charge on any atom is 0.246 e.